The van der Waals surface area contributed by atoms with E-state index in [2.05, 4.69) is 15.3 Å². The molecule has 0 fully saturated rings. The van der Waals surface area contributed by atoms with E-state index in [1.54, 1.807) is 0 Å². The van der Waals surface area contributed by atoms with Crippen LogP contribution in [0.3, 0.4) is 0 Å². The monoisotopic (exact) mass is 277 g/mol. The molecular weight excluding hydrogens is 266 g/mol. The predicted molar refractivity (Wildman–Crippen MR) is 72.5 cm³/mol. The molecule has 0 saturated carbocycles. The van der Waals surface area contributed by atoms with Crippen LogP contribution in [0.2, 0.25) is 5.02 Å². The van der Waals surface area contributed by atoms with Crippen molar-refractivity contribution < 1.29 is 9.90 Å². The summed E-state index contributed by atoms with van der Waals surface area (Å²) in [6, 6.07) is 7.44. The number of anilines is 1. The van der Waals surface area contributed by atoms with Crippen molar-refractivity contribution in [1.29, 1.82) is 0 Å². The van der Waals surface area contributed by atoms with Gasteiger partial charge in [0, 0.05) is 5.02 Å². The van der Waals surface area contributed by atoms with Gasteiger partial charge in [0.2, 0.25) is 0 Å². The van der Waals surface area contributed by atoms with Gasteiger partial charge in [-0.15, -0.1) is 0 Å². The summed E-state index contributed by atoms with van der Waals surface area (Å²) in [7, 11) is 0. The summed E-state index contributed by atoms with van der Waals surface area (Å²) < 4.78 is 0. The Morgan fingerprint density at radius 3 is 2.63 bits per heavy atom. The van der Waals surface area contributed by atoms with Crippen molar-refractivity contribution in [3.05, 3.63) is 52.9 Å². The molecule has 1 aromatic carbocycles. The van der Waals surface area contributed by atoms with Crippen LogP contribution < -0.4 is 5.32 Å². The largest absolute Gasteiger partial charge is 0.476 e. The quantitative estimate of drug-likeness (QED) is 0.898. The van der Waals surface area contributed by atoms with Gasteiger partial charge < -0.3 is 10.4 Å². The number of benzene rings is 1. The van der Waals surface area contributed by atoms with Crippen LogP contribution in [0.4, 0.5) is 5.82 Å². The smallest absolute Gasteiger partial charge is 0.356 e. The highest BCUT2D eigenvalue weighted by Crippen LogP contribution is 2.24. The van der Waals surface area contributed by atoms with Crippen molar-refractivity contribution in [2.24, 2.45) is 0 Å². The normalized spacial score (nSPS) is 11.9. The summed E-state index contributed by atoms with van der Waals surface area (Å²) in [4.78, 5) is 18.4. The lowest BCUT2D eigenvalue weighted by Crippen LogP contribution is -2.10. The van der Waals surface area contributed by atoms with Crippen molar-refractivity contribution >= 4 is 23.4 Å². The minimum Gasteiger partial charge on any atom is -0.476 e. The van der Waals surface area contributed by atoms with Crippen molar-refractivity contribution in [3.8, 4) is 0 Å². The van der Waals surface area contributed by atoms with Gasteiger partial charge in [0.25, 0.3) is 0 Å². The molecule has 1 aromatic heterocycles. The van der Waals surface area contributed by atoms with Crippen LogP contribution in [0, 0.1) is 0 Å². The number of carboxylic acid groups (broad SMARTS) is 1. The molecule has 2 rings (SSSR count). The number of carboxylic acids is 1. The Hall–Kier alpha value is -2.14. The average molecular weight is 278 g/mol. The number of aromatic carboxylic acids is 1. The Bertz CT molecular complexity index is 587. The summed E-state index contributed by atoms with van der Waals surface area (Å²) in [5.41, 5.74) is 0.851. The van der Waals surface area contributed by atoms with Crippen molar-refractivity contribution in [3.63, 3.8) is 0 Å². The fourth-order valence-electron chi connectivity index (χ4n) is 1.64. The Morgan fingerprint density at radius 2 is 2.05 bits per heavy atom. The average Bonchev–Trinajstić information content (AvgIpc) is 2.39. The van der Waals surface area contributed by atoms with Gasteiger partial charge in [-0.3, -0.25) is 0 Å². The zero-order chi connectivity index (χ0) is 13.8. The zero-order valence-corrected chi connectivity index (χ0v) is 10.9. The molecule has 0 radical (unpaired) electrons. The van der Waals surface area contributed by atoms with Crippen LogP contribution in [0.25, 0.3) is 0 Å². The first-order valence-electron chi connectivity index (χ1n) is 5.64. The van der Waals surface area contributed by atoms with Gasteiger partial charge in [-0.25, -0.2) is 14.8 Å². The van der Waals surface area contributed by atoms with Gasteiger partial charge in [0.1, 0.15) is 5.82 Å². The molecular formula is C13H12ClN3O2. The van der Waals surface area contributed by atoms with E-state index in [1.807, 2.05) is 31.2 Å². The fraction of sp³-hybridized carbons (Fsp3) is 0.154. The van der Waals surface area contributed by atoms with Crippen LogP contribution in [0.15, 0.2) is 36.7 Å². The second-order valence-electron chi connectivity index (χ2n) is 3.98. The van der Waals surface area contributed by atoms with Gasteiger partial charge in [-0.05, 0) is 18.6 Å². The second kappa shape index (κ2) is 5.67. The molecule has 2 aromatic rings. The van der Waals surface area contributed by atoms with Crippen molar-refractivity contribution in [2.45, 2.75) is 13.0 Å². The zero-order valence-electron chi connectivity index (χ0n) is 10.2. The lowest BCUT2D eigenvalue weighted by molar-refractivity contribution is 0.0690. The molecule has 1 unspecified atom stereocenters. The highest BCUT2D eigenvalue weighted by molar-refractivity contribution is 6.31. The first-order valence-corrected chi connectivity index (χ1v) is 6.02. The molecule has 0 aliphatic heterocycles. The lowest BCUT2D eigenvalue weighted by atomic mass is 10.1. The highest BCUT2D eigenvalue weighted by Gasteiger charge is 2.10. The van der Waals surface area contributed by atoms with Gasteiger partial charge in [-0.2, -0.15) is 0 Å². The van der Waals surface area contributed by atoms with Crippen LogP contribution in [-0.2, 0) is 0 Å². The molecule has 98 valence electrons. The second-order valence-corrected chi connectivity index (χ2v) is 4.39. The predicted octanol–water partition coefficient (Wildman–Crippen LogP) is 3.00. The van der Waals surface area contributed by atoms with E-state index in [9.17, 15) is 4.79 Å². The first-order chi connectivity index (χ1) is 9.08. The van der Waals surface area contributed by atoms with E-state index in [0.29, 0.717) is 10.8 Å². The molecule has 1 atom stereocenters. The maximum absolute atomic E-state index is 10.7. The van der Waals surface area contributed by atoms with Gasteiger partial charge in [0.15, 0.2) is 5.69 Å². The summed E-state index contributed by atoms with van der Waals surface area (Å²) in [5.74, 6) is -0.601. The minimum absolute atomic E-state index is 0.0568. The number of aromatic nitrogens is 2. The number of rotatable bonds is 4. The van der Waals surface area contributed by atoms with Crippen molar-refractivity contribution in [1.82, 2.24) is 9.97 Å². The molecule has 2 N–H and O–H groups in total. The third-order valence-corrected chi connectivity index (χ3v) is 2.95. The van der Waals surface area contributed by atoms with Gasteiger partial charge in [-0.1, -0.05) is 29.8 Å². The molecule has 0 aliphatic carbocycles. The Morgan fingerprint density at radius 1 is 1.32 bits per heavy atom. The number of hydrogen-bond acceptors (Lipinski definition) is 4. The lowest BCUT2D eigenvalue weighted by Gasteiger charge is -2.15. The number of carbonyl (C=O) groups is 1. The summed E-state index contributed by atoms with van der Waals surface area (Å²) in [6.45, 7) is 1.94. The third-order valence-electron chi connectivity index (χ3n) is 2.61. The topological polar surface area (TPSA) is 75.1 Å². The molecule has 0 bridgehead atoms. The fourth-order valence-corrected chi connectivity index (χ4v) is 1.94. The third kappa shape index (κ3) is 3.20. The first kappa shape index (κ1) is 13.3. The summed E-state index contributed by atoms with van der Waals surface area (Å²) in [6.07, 6.45) is 2.60. The van der Waals surface area contributed by atoms with Crippen LogP contribution in [0.5, 0.6) is 0 Å². The maximum Gasteiger partial charge on any atom is 0.356 e. The standard InChI is InChI=1S/C13H12ClN3O2/c1-8(9-4-2-3-5-10(9)14)17-12-7-15-11(6-16-12)13(18)19/h2-8H,1H3,(H,16,17)(H,18,19). The Balaban J connectivity index is 2.13. The van der Waals surface area contributed by atoms with E-state index in [1.165, 1.54) is 12.4 Å². The van der Waals surface area contributed by atoms with Crippen molar-refractivity contribution in [2.75, 3.05) is 5.32 Å². The number of hydrogen-bond donors (Lipinski definition) is 2. The molecule has 0 saturated heterocycles. The van der Waals surface area contributed by atoms with Gasteiger partial charge in [0.05, 0.1) is 18.4 Å². The van der Waals surface area contributed by atoms with E-state index in [4.69, 9.17) is 16.7 Å². The Labute approximate surface area is 115 Å². The van der Waals surface area contributed by atoms with Gasteiger partial charge >= 0.3 is 5.97 Å². The molecule has 1 heterocycles. The number of nitrogens with one attached hydrogen (secondary N) is 1. The van der Waals surface area contributed by atoms with Crippen LogP contribution >= 0.6 is 11.6 Å². The summed E-state index contributed by atoms with van der Waals surface area (Å²) >= 11 is 6.10. The minimum atomic E-state index is -1.10. The number of halogens is 1. The SMILES string of the molecule is CC(Nc1cnc(C(=O)O)cn1)c1ccccc1Cl. The molecule has 19 heavy (non-hydrogen) atoms. The van der Waals surface area contributed by atoms with Crippen LogP contribution in [0.1, 0.15) is 29.0 Å². The maximum atomic E-state index is 10.7. The molecule has 0 amide bonds. The molecule has 6 heteroatoms. The molecule has 5 nitrogen and oxygen atoms in total. The van der Waals surface area contributed by atoms with E-state index < -0.39 is 5.97 Å². The van der Waals surface area contributed by atoms with E-state index in [-0.39, 0.29) is 11.7 Å². The molecule has 0 aliphatic rings. The Kier molecular flexibility index (Phi) is 3.97. The van der Waals surface area contributed by atoms with E-state index in [0.717, 1.165) is 5.56 Å². The number of nitrogens with zero attached hydrogens (tertiary/aromatic N) is 2. The summed E-state index contributed by atoms with van der Waals surface area (Å²) in [5, 5.41) is 12.5. The van der Waals surface area contributed by atoms with E-state index >= 15 is 0 Å². The highest BCUT2D eigenvalue weighted by atomic mass is 35.5. The van der Waals surface area contributed by atoms with Crippen LogP contribution in [-0.4, -0.2) is 21.0 Å². The molecule has 0 spiro atoms.